The van der Waals surface area contributed by atoms with Crippen LogP contribution in [-0.2, 0) is 0 Å². The smallest absolute Gasteiger partial charge is 0.252 e. The van der Waals surface area contributed by atoms with E-state index in [1.807, 2.05) is 18.2 Å². The minimum absolute atomic E-state index is 0.0414. The summed E-state index contributed by atoms with van der Waals surface area (Å²) in [6.45, 7) is 2.98. The number of amides is 1. The molecule has 2 N–H and O–H groups in total. The molecule has 3 heteroatoms. The predicted molar refractivity (Wildman–Crippen MR) is 79.3 cm³/mol. The molecule has 0 bridgehead atoms. The zero-order chi connectivity index (χ0) is 14.4. The van der Waals surface area contributed by atoms with Crippen LogP contribution in [0.1, 0.15) is 48.5 Å². The molecular weight excluding hydrogens is 250 g/mol. The molecule has 1 aliphatic rings. The minimum Gasteiger partial charge on any atom is -0.395 e. The van der Waals surface area contributed by atoms with Crippen LogP contribution in [0, 0.1) is 17.3 Å². The minimum atomic E-state index is -0.0629. The maximum atomic E-state index is 12.3. The highest BCUT2D eigenvalue weighted by Gasteiger charge is 2.32. The topological polar surface area (TPSA) is 49.3 Å². The van der Waals surface area contributed by atoms with Gasteiger partial charge in [0.05, 0.1) is 12.2 Å². The summed E-state index contributed by atoms with van der Waals surface area (Å²) >= 11 is 0. The zero-order valence-electron chi connectivity index (χ0n) is 11.9. The van der Waals surface area contributed by atoms with E-state index >= 15 is 0 Å². The largest absolute Gasteiger partial charge is 0.395 e. The van der Waals surface area contributed by atoms with Crippen molar-refractivity contribution in [3.05, 3.63) is 35.4 Å². The quantitative estimate of drug-likeness (QED) is 0.826. The van der Waals surface area contributed by atoms with Crippen LogP contribution in [0.5, 0.6) is 0 Å². The second-order valence-corrected chi connectivity index (χ2v) is 5.67. The van der Waals surface area contributed by atoms with E-state index in [-0.39, 0.29) is 17.9 Å². The molecule has 106 valence electrons. The Morgan fingerprint density at radius 1 is 1.40 bits per heavy atom. The maximum Gasteiger partial charge on any atom is 0.252 e. The number of nitrogens with one attached hydrogen (secondary N) is 1. The molecule has 3 nitrogen and oxygen atoms in total. The summed E-state index contributed by atoms with van der Waals surface area (Å²) < 4.78 is 0. The molecule has 0 aliphatic heterocycles. The highest BCUT2D eigenvalue weighted by Crippen LogP contribution is 2.39. The summed E-state index contributed by atoms with van der Waals surface area (Å²) in [5, 5.41) is 11.8. The third-order valence-corrected chi connectivity index (χ3v) is 3.87. The number of aliphatic hydroxyl groups excluding tert-OH is 1. The monoisotopic (exact) mass is 271 g/mol. The first-order chi connectivity index (χ1) is 9.64. The summed E-state index contributed by atoms with van der Waals surface area (Å²) in [4.78, 5) is 12.3. The Kier molecular flexibility index (Phi) is 4.81. The summed E-state index contributed by atoms with van der Waals surface area (Å²) in [5.74, 6) is 5.75. The predicted octanol–water partition coefficient (Wildman–Crippen LogP) is 2.34. The molecular formula is C17H21NO2. The Morgan fingerprint density at radius 2 is 2.15 bits per heavy atom. The molecule has 1 fully saturated rings. The first-order valence-electron chi connectivity index (χ1n) is 7.12. The molecule has 20 heavy (non-hydrogen) atoms. The van der Waals surface area contributed by atoms with Gasteiger partial charge >= 0.3 is 0 Å². The molecule has 1 saturated carbocycles. The van der Waals surface area contributed by atoms with E-state index in [1.165, 1.54) is 19.3 Å². The number of rotatable bonds is 4. The van der Waals surface area contributed by atoms with Crippen molar-refractivity contribution >= 4 is 5.91 Å². The van der Waals surface area contributed by atoms with Crippen LogP contribution in [0.3, 0.4) is 0 Å². The molecule has 2 rings (SSSR count). The number of carbonyl (C=O) groups is 1. The summed E-state index contributed by atoms with van der Waals surface area (Å²) in [6.07, 6.45) is 4.06. The third-order valence-electron chi connectivity index (χ3n) is 3.87. The molecule has 0 atom stereocenters. The summed E-state index contributed by atoms with van der Waals surface area (Å²) in [5.41, 5.74) is 1.60. The van der Waals surface area contributed by atoms with Gasteiger partial charge in [-0.25, -0.2) is 0 Å². The van der Waals surface area contributed by atoms with Gasteiger partial charge in [0.15, 0.2) is 0 Å². The van der Waals surface area contributed by atoms with Gasteiger partial charge in [0.2, 0.25) is 0 Å². The standard InChI is InChI=1S/C17H21NO2/c1-17(10-6-11-17)13-18-16(20)15-9-3-2-7-14(15)8-4-5-12-19/h2-3,7,9,19H,5-6,10-13H2,1H3,(H,18,20). The van der Waals surface area contributed by atoms with Crippen LogP contribution in [0.25, 0.3) is 0 Å². The van der Waals surface area contributed by atoms with Gasteiger partial charge in [0, 0.05) is 18.5 Å². The highest BCUT2D eigenvalue weighted by molar-refractivity contribution is 5.96. The van der Waals surface area contributed by atoms with E-state index < -0.39 is 0 Å². The van der Waals surface area contributed by atoms with Gasteiger partial charge in [-0.1, -0.05) is 37.3 Å². The first-order valence-corrected chi connectivity index (χ1v) is 7.12. The Bertz CT molecular complexity index is 535. The van der Waals surface area contributed by atoms with Gasteiger partial charge in [0.1, 0.15) is 0 Å². The van der Waals surface area contributed by atoms with Gasteiger partial charge in [-0.05, 0) is 30.4 Å². The molecule has 0 radical (unpaired) electrons. The molecule has 0 unspecified atom stereocenters. The summed E-state index contributed by atoms with van der Waals surface area (Å²) in [7, 11) is 0. The average Bonchev–Trinajstić information content (AvgIpc) is 2.43. The van der Waals surface area contributed by atoms with E-state index in [2.05, 4.69) is 24.1 Å². The number of carbonyl (C=O) groups excluding carboxylic acids is 1. The van der Waals surface area contributed by atoms with Crippen molar-refractivity contribution in [3.63, 3.8) is 0 Å². The van der Waals surface area contributed by atoms with Crippen LogP contribution >= 0.6 is 0 Å². The van der Waals surface area contributed by atoms with E-state index in [0.29, 0.717) is 12.0 Å². The SMILES string of the molecule is CC1(CNC(=O)c2ccccc2C#CCCO)CCC1. The fourth-order valence-corrected chi connectivity index (χ4v) is 2.35. The molecule has 0 aromatic heterocycles. The van der Waals surface area contributed by atoms with Crippen molar-refractivity contribution in [3.8, 4) is 11.8 Å². The van der Waals surface area contributed by atoms with Crippen LogP contribution in [0.15, 0.2) is 24.3 Å². The normalized spacial score (nSPS) is 15.7. The van der Waals surface area contributed by atoms with Gasteiger partial charge in [-0.15, -0.1) is 0 Å². The molecule has 0 spiro atoms. The van der Waals surface area contributed by atoms with Crippen LogP contribution in [0.2, 0.25) is 0 Å². The van der Waals surface area contributed by atoms with Crippen molar-refractivity contribution in [1.82, 2.24) is 5.32 Å². The second kappa shape index (κ2) is 6.58. The first kappa shape index (κ1) is 14.6. The van der Waals surface area contributed by atoms with E-state index in [0.717, 1.165) is 12.1 Å². The molecule has 1 aromatic carbocycles. The van der Waals surface area contributed by atoms with Gasteiger partial charge < -0.3 is 10.4 Å². The average molecular weight is 271 g/mol. The van der Waals surface area contributed by atoms with Crippen LogP contribution in [-0.4, -0.2) is 24.2 Å². The van der Waals surface area contributed by atoms with Crippen LogP contribution in [0.4, 0.5) is 0 Å². The maximum absolute atomic E-state index is 12.3. The fraction of sp³-hybridized carbons (Fsp3) is 0.471. The number of hydrogen-bond donors (Lipinski definition) is 2. The second-order valence-electron chi connectivity index (χ2n) is 5.67. The Balaban J connectivity index is 2.03. The molecule has 1 aromatic rings. The van der Waals surface area contributed by atoms with Gasteiger partial charge in [0.25, 0.3) is 5.91 Å². The van der Waals surface area contributed by atoms with E-state index in [1.54, 1.807) is 6.07 Å². The van der Waals surface area contributed by atoms with Gasteiger partial charge in [-0.2, -0.15) is 0 Å². The highest BCUT2D eigenvalue weighted by atomic mass is 16.2. The summed E-state index contributed by atoms with van der Waals surface area (Å²) in [6, 6.07) is 7.34. The molecule has 1 aliphatic carbocycles. The molecule has 0 saturated heterocycles. The van der Waals surface area contributed by atoms with Crippen molar-refractivity contribution in [2.24, 2.45) is 5.41 Å². The molecule has 1 amide bonds. The lowest BCUT2D eigenvalue weighted by Crippen LogP contribution is -2.40. The van der Waals surface area contributed by atoms with Crippen LogP contribution < -0.4 is 5.32 Å². The molecule has 0 heterocycles. The lowest BCUT2D eigenvalue weighted by atomic mass is 9.70. The number of aliphatic hydroxyl groups is 1. The Morgan fingerprint density at radius 3 is 2.80 bits per heavy atom. The van der Waals surface area contributed by atoms with Gasteiger partial charge in [-0.3, -0.25) is 4.79 Å². The number of hydrogen-bond acceptors (Lipinski definition) is 2. The lowest BCUT2D eigenvalue weighted by molar-refractivity contribution is 0.0890. The van der Waals surface area contributed by atoms with Crippen molar-refractivity contribution in [1.29, 1.82) is 0 Å². The third kappa shape index (κ3) is 3.61. The van der Waals surface area contributed by atoms with Crippen molar-refractivity contribution < 1.29 is 9.90 Å². The fourth-order valence-electron chi connectivity index (χ4n) is 2.35. The zero-order valence-corrected chi connectivity index (χ0v) is 11.9. The van der Waals surface area contributed by atoms with E-state index in [9.17, 15) is 4.79 Å². The Labute approximate surface area is 120 Å². The van der Waals surface area contributed by atoms with Crippen molar-refractivity contribution in [2.45, 2.75) is 32.6 Å². The Hall–Kier alpha value is -1.79. The van der Waals surface area contributed by atoms with E-state index in [4.69, 9.17) is 5.11 Å². The van der Waals surface area contributed by atoms with Crippen molar-refractivity contribution in [2.75, 3.05) is 13.2 Å². The lowest BCUT2D eigenvalue weighted by Gasteiger charge is -2.38. The number of benzene rings is 1.